The summed E-state index contributed by atoms with van der Waals surface area (Å²) in [6.45, 7) is 6.16. The van der Waals surface area contributed by atoms with Crippen molar-refractivity contribution < 1.29 is 45.5 Å². The lowest BCUT2D eigenvalue weighted by molar-refractivity contribution is 0.0577. The van der Waals surface area contributed by atoms with E-state index in [4.69, 9.17) is 4.74 Å². The number of hydrogen-bond donors (Lipinski definition) is 1. The number of hydrogen-bond acceptors (Lipinski definition) is 8. The number of likely N-dealkylation sites (tertiary alicyclic amines) is 1. The quantitative estimate of drug-likeness (QED) is 0.376. The van der Waals surface area contributed by atoms with Gasteiger partial charge in [-0.05, 0) is 64.0 Å². The van der Waals surface area contributed by atoms with Gasteiger partial charge in [0.2, 0.25) is 0 Å². The van der Waals surface area contributed by atoms with Crippen molar-refractivity contribution >= 4 is 33.7 Å². The first-order valence-electron chi connectivity index (χ1n) is 12.4. The summed E-state index contributed by atoms with van der Waals surface area (Å²) in [5.41, 5.74) is -0.922. The molecule has 4 rings (SSSR count). The van der Waals surface area contributed by atoms with Gasteiger partial charge in [-0.25, -0.2) is 31.2 Å². The molecule has 11 nitrogen and oxygen atoms in total. The van der Waals surface area contributed by atoms with E-state index in [1.54, 1.807) is 26.8 Å². The summed E-state index contributed by atoms with van der Waals surface area (Å²) in [6.07, 6.45) is -1.33. The maximum atomic E-state index is 15.4. The number of aromatic nitrogens is 1. The van der Waals surface area contributed by atoms with Crippen LogP contribution in [0.15, 0.2) is 52.1 Å². The summed E-state index contributed by atoms with van der Waals surface area (Å²) in [5, 5.41) is 12.7. The molecule has 2 heterocycles. The van der Waals surface area contributed by atoms with Gasteiger partial charge in [0.25, 0.3) is 10.0 Å². The fourth-order valence-electron chi connectivity index (χ4n) is 4.12. The van der Waals surface area contributed by atoms with Crippen molar-refractivity contribution in [3.63, 3.8) is 0 Å². The molecule has 1 aliphatic rings. The number of rotatable bonds is 8. The SMILES string of the molecule is CC(C)(C)OC(=O)N(Cc1c(F)cccc1CN1CCC1)c1cc(F)c(S(=O)(=O)N(C(=O)O)c2ccon2)c(F)c1. The Bertz CT molecular complexity index is 1530. The number of nitrogens with zero attached hydrogens (tertiary/aromatic N) is 4. The lowest BCUT2D eigenvalue weighted by Gasteiger charge is -2.32. The Morgan fingerprint density at radius 3 is 2.27 bits per heavy atom. The zero-order chi connectivity index (χ0) is 30.1. The van der Waals surface area contributed by atoms with Crippen LogP contribution in [0.2, 0.25) is 0 Å². The maximum absolute atomic E-state index is 15.4. The third kappa shape index (κ3) is 6.46. The molecule has 220 valence electrons. The molecular formula is C26H27F3N4O7S. The molecule has 0 saturated carbocycles. The second-order valence-electron chi connectivity index (χ2n) is 10.2. The van der Waals surface area contributed by atoms with Crippen LogP contribution in [-0.2, 0) is 27.8 Å². The normalized spacial score (nSPS) is 13.9. The van der Waals surface area contributed by atoms with Crippen molar-refractivity contribution in [2.75, 3.05) is 22.3 Å². The predicted molar refractivity (Wildman–Crippen MR) is 139 cm³/mol. The highest BCUT2D eigenvalue weighted by Gasteiger charge is 2.38. The van der Waals surface area contributed by atoms with E-state index in [2.05, 4.69) is 14.6 Å². The number of carbonyl (C=O) groups excluding carboxylic acids is 1. The predicted octanol–water partition coefficient (Wildman–Crippen LogP) is 5.11. The van der Waals surface area contributed by atoms with Crippen molar-refractivity contribution in [2.45, 2.75) is 50.8 Å². The summed E-state index contributed by atoms with van der Waals surface area (Å²) >= 11 is 0. The number of halogens is 3. The Labute approximate surface area is 233 Å². The molecule has 1 saturated heterocycles. The molecule has 0 atom stereocenters. The summed E-state index contributed by atoms with van der Waals surface area (Å²) in [7, 11) is -5.40. The van der Waals surface area contributed by atoms with Crippen molar-refractivity contribution in [2.24, 2.45) is 0 Å². The fourth-order valence-corrected chi connectivity index (χ4v) is 5.46. The summed E-state index contributed by atoms with van der Waals surface area (Å²) in [4.78, 5) is 26.2. The van der Waals surface area contributed by atoms with Crippen LogP contribution in [0.5, 0.6) is 0 Å². The molecule has 0 bridgehead atoms. The third-order valence-electron chi connectivity index (χ3n) is 6.09. The number of carbonyl (C=O) groups is 2. The number of sulfonamides is 1. The van der Waals surface area contributed by atoms with Crippen LogP contribution in [0.25, 0.3) is 0 Å². The van der Waals surface area contributed by atoms with Gasteiger partial charge in [-0.2, -0.15) is 0 Å². The van der Waals surface area contributed by atoms with Crippen LogP contribution in [-0.4, -0.2) is 54.5 Å². The molecule has 1 fully saturated rings. The zero-order valence-corrected chi connectivity index (χ0v) is 23.1. The Morgan fingerprint density at radius 1 is 1.10 bits per heavy atom. The summed E-state index contributed by atoms with van der Waals surface area (Å²) < 4.78 is 81.5. The van der Waals surface area contributed by atoms with E-state index in [0.717, 1.165) is 36.7 Å². The van der Waals surface area contributed by atoms with Gasteiger partial charge in [0, 0.05) is 18.2 Å². The average Bonchev–Trinajstić information content (AvgIpc) is 3.32. The van der Waals surface area contributed by atoms with Gasteiger partial charge < -0.3 is 14.4 Å². The van der Waals surface area contributed by atoms with Gasteiger partial charge in [-0.3, -0.25) is 9.80 Å². The van der Waals surface area contributed by atoms with Crippen LogP contribution in [0.3, 0.4) is 0 Å². The zero-order valence-electron chi connectivity index (χ0n) is 22.3. The summed E-state index contributed by atoms with van der Waals surface area (Å²) in [5.74, 6) is -4.85. The molecule has 2 aromatic carbocycles. The lowest BCUT2D eigenvalue weighted by Crippen LogP contribution is -2.39. The number of amides is 2. The number of carboxylic acid groups (broad SMARTS) is 1. The molecule has 1 N–H and O–H groups in total. The monoisotopic (exact) mass is 596 g/mol. The van der Waals surface area contributed by atoms with Crippen LogP contribution in [0.4, 0.5) is 34.3 Å². The molecule has 1 aromatic heterocycles. The Hall–Kier alpha value is -4.11. The highest BCUT2D eigenvalue weighted by molar-refractivity contribution is 7.93. The van der Waals surface area contributed by atoms with E-state index in [9.17, 15) is 23.1 Å². The minimum Gasteiger partial charge on any atom is -0.464 e. The molecule has 0 radical (unpaired) electrons. The van der Waals surface area contributed by atoms with Gasteiger partial charge in [0.05, 0.1) is 12.2 Å². The van der Waals surface area contributed by atoms with Gasteiger partial charge in [-0.1, -0.05) is 17.3 Å². The number of anilines is 2. The first-order valence-corrected chi connectivity index (χ1v) is 13.8. The van der Waals surface area contributed by atoms with Crippen molar-refractivity contribution in [1.82, 2.24) is 10.1 Å². The second-order valence-corrected chi connectivity index (χ2v) is 11.9. The van der Waals surface area contributed by atoms with Crippen molar-refractivity contribution in [3.05, 3.63) is 71.2 Å². The maximum Gasteiger partial charge on any atom is 0.427 e. The number of ether oxygens (including phenoxy) is 1. The molecule has 0 spiro atoms. The molecule has 15 heteroatoms. The Balaban J connectivity index is 1.79. The highest BCUT2D eigenvalue weighted by atomic mass is 32.2. The van der Waals surface area contributed by atoms with E-state index in [1.807, 2.05) is 0 Å². The molecule has 0 aliphatic carbocycles. The Morgan fingerprint density at radius 2 is 1.76 bits per heavy atom. The molecule has 3 aromatic rings. The highest BCUT2D eigenvalue weighted by Crippen LogP contribution is 2.32. The van der Waals surface area contributed by atoms with Gasteiger partial charge >= 0.3 is 12.2 Å². The largest absolute Gasteiger partial charge is 0.464 e. The van der Waals surface area contributed by atoms with E-state index in [0.29, 0.717) is 24.2 Å². The molecule has 41 heavy (non-hydrogen) atoms. The first-order chi connectivity index (χ1) is 19.2. The minimum atomic E-state index is -5.40. The van der Waals surface area contributed by atoms with E-state index < -0.39 is 68.2 Å². The Kier molecular flexibility index (Phi) is 8.31. The molecule has 1 aliphatic heterocycles. The molecule has 0 unspecified atom stereocenters. The molecule has 2 amide bonds. The van der Waals surface area contributed by atoms with E-state index in [1.165, 1.54) is 12.1 Å². The van der Waals surface area contributed by atoms with Gasteiger partial charge in [0.15, 0.2) is 10.7 Å². The second kappa shape index (κ2) is 11.4. The van der Waals surface area contributed by atoms with Crippen LogP contribution >= 0.6 is 0 Å². The lowest BCUT2D eigenvalue weighted by atomic mass is 10.0. The molecular weight excluding hydrogens is 569 g/mol. The third-order valence-corrected chi connectivity index (χ3v) is 7.82. The van der Waals surface area contributed by atoms with Gasteiger partial charge in [0.1, 0.15) is 29.3 Å². The smallest absolute Gasteiger partial charge is 0.427 e. The topological polar surface area (TPSA) is 133 Å². The first kappa shape index (κ1) is 29.9. The van der Waals surface area contributed by atoms with Crippen LogP contribution in [0.1, 0.15) is 38.3 Å². The average molecular weight is 597 g/mol. The minimum absolute atomic E-state index is 0.0749. The summed E-state index contributed by atoms with van der Waals surface area (Å²) in [6, 6.07) is 6.28. The van der Waals surface area contributed by atoms with E-state index in [-0.39, 0.29) is 9.87 Å². The number of benzene rings is 2. The van der Waals surface area contributed by atoms with Crippen LogP contribution < -0.4 is 9.21 Å². The van der Waals surface area contributed by atoms with Gasteiger partial charge in [-0.15, -0.1) is 4.31 Å². The standard InChI is InChI=1S/C26H27F3N4O7S/c1-26(2,3)40-25(36)32(15-18-16(6-4-7-19(18)27)14-31-9-5-10-31)17-12-20(28)23(21(29)13-17)41(37,38)33(24(34)35)22-8-11-39-30-22/h4,6-8,11-13H,5,9-10,14-15H2,1-3H3,(H,34,35). The van der Waals surface area contributed by atoms with E-state index >= 15 is 13.2 Å². The van der Waals surface area contributed by atoms with Crippen molar-refractivity contribution in [3.8, 4) is 0 Å². The fraction of sp³-hybridized carbons (Fsp3) is 0.346. The van der Waals surface area contributed by atoms with Crippen molar-refractivity contribution in [1.29, 1.82) is 0 Å². The van der Waals surface area contributed by atoms with Crippen LogP contribution in [0, 0.1) is 17.5 Å².